The molecule has 2 rings (SSSR count). The molecule has 4 amide bonds. The minimum atomic E-state index is -1.02. The number of carbonyl (C=O) groups excluding carboxylic acids is 3. The minimum absolute atomic E-state index is 0.117. The van der Waals surface area contributed by atoms with Crippen molar-refractivity contribution >= 4 is 18.0 Å². The van der Waals surface area contributed by atoms with Crippen LogP contribution in [-0.4, -0.2) is 36.6 Å². The van der Waals surface area contributed by atoms with Crippen molar-refractivity contribution in [1.82, 2.24) is 10.2 Å². The van der Waals surface area contributed by atoms with Crippen LogP contribution in [0.4, 0.5) is 9.59 Å². The van der Waals surface area contributed by atoms with E-state index in [9.17, 15) is 14.4 Å². The Morgan fingerprint density at radius 3 is 2.50 bits per heavy atom. The molecular weight excluding hydrogens is 264 g/mol. The zero-order valence-electron chi connectivity index (χ0n) is 11.1. The molecule has 7 nitrogen and oxygen atoms in total. The van der Waals surface area contributed by atoms with Crippen LogP contribution in [-0.2, 0) is 9.53 Å². The summed E-state index contributed by atoms with van der Waals surface area (Å²) in [7, 11) is 1.52. The van der Waals surface area contributed by atoms with Crippen LogP contribution in [0.1, 0.15) is 18.5 Å². The van der Waals surface area contributed by atoms with Gasteiger partial charge in [-0.25, -0.2) is 14.5 Å². The molecular formula is C13H14N2O5. The number of nitrogens with one attached hydrogen (secondary N) is 1. The van der Waals surface area contributed by atoms with E-state index in [4.69, 9.17) is 9.47 Å². The Labute approximate surface area is 115 Å². The molecule has 0 aliphatic carbocycles. The van der Waals surface area contributed by atoms with Gasteiger partial charge in [-0.1, -0.05) is 12.1 Å². The number of nitrogens with zero attached hydrogens (tertiary/aromatic N) is 1. The second kappa shape index (κ2) is 5.60. The third-order valence-electron chi connectivity index (χ3n) is 2.85. The van der Waals surface area contributed by atoms with E-state index in [2.05, 4.69) is 5.32 Å². The van der Waals surface area contributed by atoms with Crippen LogP contribution in [0.2, 0.25) is 0 Å². The first kappa shape index (κ1) is 13.9. The average molecular weight is 278 g/mol. The van der Waals surface area contributed by atoms with Crippen LogP contribution >= 0.6 is 0 Å². The van der Waals surface area contributed by atoms with Crippen LogP contribution < -0.4 is 10.1 Å². The van der Waals surface area contributed by atoms with Crippen molar-refractivity contribution in [3.05, 3.63) is 29.8 Å². The second-order valence-corrected chi connectivity index (χ2v) is 4.04. The van der Waals surface area contributed by atoms with E-state index in [1.54, 1.807) is 31.2 Å². The fourth-order valence-corrected chi connectivity index (χ4v) is 1.94. The van der Waals surface area contributed by atoms with Crippen molar-refractivity contribution < 1.29 is 23.9 Å². The normalized spacial score (nSPS) is 17.9. The first-order valence-corrected chi connectivity index (χ1v) is 6.03. The molecule has 1 heterocycles. The van der Waals surface area contributed by atoms with Crippen LogP contribution in [0.25, 0.3) is 0 Å². The van der Waals surface area contributed by atoms with E-state index in [1.165, 1.54) is 7.11 Å². The number of amides is 4. The van der Waals surface area contributed by atoms with Gasteiger partial charge in [-0.2, -0.15) is 0 Å². The lowest BCUT2D eigenvalue weighted by Crippen LogP contribution is -2.36. The largest absolute Gasteiger partial charge is 0.497 e. The molecule has 0 spiro atoms. The van der Waals surface area contributed by atoms with Gasteiger partial charge >= 0.3 is 12.1 Å². The fraction of sp³-hybridized carbons (Fsp3) is 0.308. The van der Waals surface area contributed by atoms with Gasteiger partial charge in [0.1, 0.15) is 11.8 Å². The SMILES string of the molecule is CCOC(=O)N1C(=O)NC(=O)[C@@H]1c1ccc(OC)cc1. The number of urea groups is 1. The van der Waals surface area contributed by atoms with E-state index < -0.39 is 24.1 Å². The molecule has 1 aliphatic rings. The molecule has 0 bridgehead atoms. The highest BCUT2D eigenvalue weighted by atomic mass is 16.6. The molecule has 0 unspecified atom stereocenters. The van der Waals surface area contributed by atoms with Crippen LogP contribution in [0.3, 0.4) is 0 Å². The van der Waals surface area contributed by atoms with Gasteiger partial charge in [-0.15, -0.1) is 0 Å². The summed E-state index contributed by atoms with van der Waals surface area (Å²) in [5.41, 5.74) is 0.502. The van der Waals surface area contributed by atoms with Crippen molar-refractivity contribution in [2.45, 2.75) is 13.0 Å². The number of methoxy groups -OCH3 is 1. The second-order valence-electron chi connectivity index (χ2n) is 4.04. The van der Waals surface area contributed by atoms with E-state index >= 15 is 0 Å². The Bertz CT molecular complexity index is 540. The summed E-state index contributed by atoms with van der Waals surface area (Å²) in [5.74, 6) is 0.0504. The highest BCUT2D eigenvalue weighted by molar-refractivity contribution is 6.10. The molecule has 106 valence electrons. The van der Waals surface area contributed by atoms with Crippen molar-refractivity contribution in [3.8, 4) is 5.75 Å². The lowest BCUT2D eigenvalue weighted by Gasteiger charge is -2.19. The molecule has 7 heteroatoms. The summed E-state index contributed by atoms with van der Waals surface area (Å²) in [4.78, 5) is 36.1. The zero-order valence-corrected chi connectivity index (χ0v) is 11.1. The Hall–Kier alpha value is -2.57. The zero-order chi connectivity index (χ0) is 14.7. The number of imide groups is 2. The lowest BCUT2D eigenvalue weighted by atomic mass is 10.1. The standard InChI is InChI=1S/C13H14N2O5/c1-3-20-13(18)15-10(11(16)14-12(15)17)8-4-6-9(19-2)7-5-8/h4-7,10H,3H2,1-2H3,(H,14,16,17)/t10-/m0/s1. The topological polar surface area (TPSA) is 84.9 Å². The molecule has 1 aliphatic heterocycles. The van der Waals surface area contributed by atoms with Crippen LogP contribution in [0.5, 0.6) is 5.75 Å². The van der Waals surface area contributed by atoms with Crippen molar-refractivity contribution in [2.24, 2.45) is 0 Å². The van der Waals surface area contributed by atoms with E-state index in [0.29, 0.717) is 11.3 Å². The Kier molecular flexibility index (Phi) is 3.88. The molecule has 0 radical (unpaired) electrons. The van der Waals surface area contributed by atoms with Crippen LogP contribution in [0.15, 0.2) is 24.3 Å². The maximum absolute atomic E-state index is 11.8. The van der Waals surface area contributed by atoms with Gasteiger partial charge < -0.3 is 9.47 Å². The summed E-state index contributed by atoms with van der Waals surface area (Å²) in [6.45, 7) is 1.74. The molecule has 1 aromatic carbocycles. The first-order valence-electron chi connectivity index (χ1n) is 6.03. The van der Waals surface area contributed by atoms with Gasteiger partial charge in [0.25, 0.3) is 5.91 Å². The van der Waals surface area contributed by atoms with Gasteiger partial charge in [0.05, 0.1) is 13.7 Å². The number of hydrogen-bond acceptors (Lipinski definition) is 5. The number of ether oxygens (including phenoxy) is 2. The molecule has 1 aromatic rings. The Morgan fingerprint density at radius 1 is 1.30 bits per heavy atom. The quantitative estimate of drug-likeness (QED) is 0.846. The average Bonchev–Trinajstić information content (AvgIpc) is 2.74. The van der Waals surface area contributed by atoms with Crippen molar-refractivity contribution in [1.29, 1.82) is 0 Å². The van der Waals surface area contributed by atoms with Gasteiger partial charge in [-0.3, -0.25) is 10.1 Å². The fourth-order valence-electron chi connectivity index (χ4n) is 1.94. The molecule has 0 aromatic heterocycles. The van der Waals surface area contributed by atoms with Crippen molar-refractivity contribution in [2.75, 3.05) is 13.7 Å². The number of hydrogen-bond donors (Lipinski definition) is 1. The summed E-state index contributed by atoms with van der Waals surface area (Å²) in [6, 6.07) is 4.73. The molecule has 0 saturated carbocycles. The summed E-state index contributed by atoms with van der Waals surface area (Å²) >= 11 is 0. The highest BCUT2D eigenvalue weighted by Crippen LogP contribution is 2.27. The predicted octanol–water partition coefficient (Wildman–Crippen LogP) is 1.44. The van der Waals surface area contributed by atoms with Gasteiger partial charge in [0.15, 0.2) is 0 Å². The third-order valence-corrected chi connectivity index (χ3v) is 2.85. The Balaban J connectivity index is 2.32. The first-order chi connectivity index (χ1) is 9.58. The smallest absolute Gasteiger partial charge is 0.419 e. The maximum Gasteiger partial charge on any atom is 0.419 e. The van der Waals surface area contributed by atoms with Gasteiger partial charge in [0.2, 0.25) is 0 Å². The number of rotatable bonds is 3. The van der Waals surface area contributed by atoms with Crippen LogP contribution in [0, 0.1) is 0 Å². The molecule has 1 fully saturated rings. The highest BCUT2D eigenvalue weighted by Gasteiger charge is 2.44. The van der Waals surface area contributed by atoms with Gasteiger partial charge in [-0.05, 0) is 24.6 Å². The number of benzene rings is 1. The number of carbonyl (C=O) groups is 3. The molecule has 20 heavy (non-hydrogen) atoms. The predicted molar refractivity (Wildman–Crippen MR) is 68.1 cm³/mol. The minimum Gasteiger partial charge on any atom is -0.497 e. The van der Waals surface area contributed by atoms with E-state index in [0.717, 1.165) is 4.90 Å². The summed E-state index contributed by atoms with van der Waals surface area (Å²) < 4.78 is 9.81. The molecule has 1 atom stereocenters. The van der Waals surface area contributed by atoms with Crippen molar-refractivity contribution in [3.63, 3.8) is 0 Å². The van der Waals surface area contributed by atoms with E-state index in [-0.39, 0.29) is 6.61 Å². The molecule has 1 N–H and O–H groups in total. The monoisotopic (exact) mass is 278 g/mol. The maximum atomic E-state index is 11.8. The summed E-state index contributed by atoms with van der Waals surface area (Å²) in [6.07, 6.45) is -0.850. The van der Waals surface area contributed by atoms with E-state index in [1.807, 2.05) is 0 Å². The third kappa shape index (κ3) is 2.42. The van der Waals surface area contributed by atoms with Gasteiger partial charge in [0, 0.05) is 0 Å². The summed E-state index contributed by atoms with van der Waals surface area (Å²) in [5, 5.41) is 2.10. The Morgan fingerprint density at radius 2 is 1.95 bits per heavy atom. The lowest BCUT2D eigenvalue weighted by molar-refractivity contribution is -0.121. The molecule has 1 saturated heterocycles.